The van der Waals surface area contributed by atoms with E-state index in [0.29, 0.717) is 39.7 Å². The van der Waals surface area contributed by atoms with E-state index in [1.165, 1.54) is 18.4 Å². The van der Waals surface area contributed by atoms with Gasteiger partial charge in [0.2, 0.25) is 0 Å². The van der Waals surface area contributed by atoms with Crippen LogP contribution in [-0.4, -0.2) is 47.1 Å². The van der Waals surface area contributed by atoms with Crippen LogP contribution < -0.4 is 10.2 Å². The molecular weight excluding hydrogens is 554 g/mol. The molecule has 0 unspecified atom stereocenters. The summed E-state index contributed by atoms with van der Waals surface area (Å²) in [5, 5.41) is 3.06. The third kappa shape index (κ3) is 6.79. The minimum atomic E-state index is -1.55. The zero-order valence-electron chi connectivity index (χ0n) is 24.3. The molecule has 1 saturated heterocycles. The van der Waals surface area contributed by atoms with Crippen molar-refractivity contribution in [2.45, 2.75) is 42.0 Å². The quantitative estimate of drug-likeness (QED) is 0.239. The first-order chi connectivity index (χ1) is 21.1. The van der Waals surface area contributed by atoms with Crippen molar-refractivity contribution < 1.29 is 13.8 Å². The first-order valence-corrected chi connectivity index (χ1v) is 16.3. The summed E-state index contributed by atoms with van der Waals surface area (Å²) in [6.07, 6.45) is 4.44. The fourth-order valence-corrected chi connectivity index (χ4v) is 7.44. The second-order valence-corrected chi connectivity index (χ2v) is 12.8. The van der Waals surface area contributed by atoms with Crippen LogP contribution in [0.3, 0.4) is 0 Å². The van der Waals surface area contributed by atoms with Crippen molar-refractivity contribution in [2.75, 3.05) is 31.1 Å². The standard InChI is InChI=1S/C36H37N3O3S/c40-35(37-20-9-21-38-22-18-28(19-23-38)24-27-10-3-1-4-11-27)30-16-17-34-32(25-30)39(26-29-12-5-2-6-13-29)36(41)31-14-7-8-15-33(31)43(34)42/h1-8,10-17,25,28H,9,18-24,26H2,(H,37,40)/t43-/m0/s1. The zero-order chi connectivity index (χ0) is 29.6. The third-order valence-corrected chi connectivity index (χ3v) is 9.97. The number of nitrogens with one attached hydrogen (secondary N) is 1. The van der Waals surface area contributed by atoms with Gasteiger partial charge in [0.15, 0.2) is 0 Å². The van der Waals surface area contributed by atoms with Gasteiger partial charge in [-0.25, -0.2) is 4.21 Å². The summed E-state index contributed by atoms with van der Waals surface area (Å²) in [5.74, 6) is 0.322. The Bertz CT molecular complexity index is 1600. The maximum absolute atomic E-state index is 13.8. The molecule has 6 rings (SSSR count). The molecule has 43 heavy (non-hydrogen) atoms. The molecule has 6 nitrogen and oxygen atoms in total. The number of fused-ring (bicyclic) bond motifs is 2. The Labute approximate surface area is 256 Å². The van der Waals surface area contributed by atoms with Gasteiger partial charge in [0, 0.05) is 12.1 Å². The molecule has 1 atom stereocenters. The van der Waals surface area contributed by atoms with Gasteiger partial charge in [-0.1, -0.05) is 72.8 Å². The first-order valence-electron chi connectivity index (χ1n) is 15.1. The van der Waals surface area contributed by atoms with Crippen molar-refractivity contribution in [3.63, 3.8) is 0 Å². The number of anilines is 1. The van der Waals surface area contributed by atoms with E-state index >= 15 is 0 Å². The minimum absolute atomic E-state index is 0.191. The Balaban J connectivity index is 1.09. The number of hydrogen-bond donors (Lipinski definition) is 1. The normalized spacial score (nSPS) is 17.2. The van der Waals surface area contributed by atoms with Gasteiger partial charge in [-0.2, -0.15) is 0 Å². The van der Waals surface area contributed by atoms with Crippen molar-refractivity contribution in [2.24, 2.45) is 5.92 Å². The van der Waals surface area contributed by atoms with Crippen molar-refractivity contribution in [1.29, 1.82) is 0 Å². The maximum Gasteiger partial charge on any atom is 0.259 e. The number of rotatable bonds is 9. The fraction of sp³-hybridized carbons (Fsp3) is 0.278. The summed E-state index contributed by atoms with van der Waals surface area (Å²) in [5.41, 5.74) is 3.75. The summed E-state index contributed by atoms with van der Waals surface area (Å²) in [6, 6.07) is 32.7. The number of nitrogens with zero attached hydrogens (tertiary/aromatic N) is 2. The van der Waals surface area contributed by atoms with Gasteiger partial charge in [-0.3, -0.25) is 9.59 Å². The summed E-state index contributed by atoms with van der Waals surface area (Å²) < 4.78 is 13.7. The first kappa shape index (κ1) is 29.0. The van der Waals surface area contributed by atoms with Crippen LogP contribution in [0.1, 0.15) is 51.1 Å². The highest BCUT2D eigenvalue weighted by Crippen LogP contribution is 2.36. The molecule has 2 heterocycles. The number of benzene rings is 4. The van der Waals surface area contributed by atoms with Gasteiger partial charge in [0.05, 0.1) is 38.4 Å². The molecule has 2 aliphatic rings. The highest BCUT2D eigenvalue weighted by molar-refractivity contribution is 7.85. The Hall–Kier alpha value is -4.07. The molecule has 4 aromatic carbocycles. The smallest absolute Gasteiger partial charge is 0.259 e. The SMILES string of the molecule is O=C(NCCCN1CCC(Cc2ccccc2)CC1)c1ccc2c(c1)N(Cc1ccccc1)C(=O)c1ccccc1[S@@]2=O. The van der Waals surface area contributed by atoms with E-state index in [0.717, 1.165) is 44.0 Å². The molecule has 0 aliphatic carbocycles. The van der Waals surface area contributed by atoms with E-state index in [9.17, 15) is 13.8 Å². The van der Waals surface area contributed by atoms with Crippen LogP contribution in [-0.2, 0) is 23.8 Å². The second kappa shape index (κ2) is 13.5. The molecule has 0 spiro atoms. The molecular formula is C36H37N3O3S. The number of carbonyl (C=O) groups excluding carboxylic acids is 2. The van der Waals surface area contributed by atoms with Crippen molar-refractivity contribution in [3.8, 4) is 0 Å². The summed E-state index contributed by atoms with van der Waals surface area (Å²) in [6.45, 7) is 4.04. The average molecular weight is 592 g/mol. The highest BCUT2D eigenvalue weighted by atomic mass is 32.2. The lowest BCUT2D eigenvalue weighted by Crippen LogP contribution is -2.36. The van der Waals surface area contributed by atoms with Crippen LogP contribution in [0.25, 0.3) is 0 Å². The summed E-state index contributed by atoms with van der Waals surface area (Å²) in [4.78, 5) is 32.2. The topological polar surface area (TPSA) is 69.7 Å². The lowest BCUT2D eigenvalue weighted by molar-refractivity contribution is 0.0947. The minimum Gasteiger partial charge on any atom is -0.352 e. The van der Waals surface area contributed by atoms with Gasteiger partial charge in [0.1, 0.15) is 0 Å². The molecule has 4 aromatic rings. The van der Waals surface area contributed by atoms with Gasteiger partial charge < -0.3 is 15.1 Å². The van der Waals surface area contributed by atoms with Crippen LogP contribution in [0.5, 0.6) is 0 Å². The van der Waals surface area contributed by atoms with E-state index in [1.807, 2.05) is 30.3 Å². The highest BCUT2D eigenvalue weighted by Gasteiger charge is 2.31. The van der Waals surface area contributed by atoms with Gasteiger partial charge in [-0.05, 0) is 92.7 Å². The maximum atomic E-state index is 13.8. The Morgan fingerprint density at radius 2 is 1.49 bits per heavy atom. The number of hydrogen-bond acceptors (Lipinski definition) is 4. The number of carbonyl (C=O) groups is 2. The van der Waals surface area contributed by atoms with Crippen LogP contribution >= 0.6 is 0 Å². The molecule has 0 radical (unpaired) electrons. The fourth-order valence-electron chi connectivity index (χ4n) is 6.10. The van der Waals surface area contributed by atoms with Crippen LogP contribution in [0.15, 0.2) is 113 Å². The molecule has 2 amide bonds. The van der Waals surface area contributed by atoms with Crippen LogP contribution in [0, 0.1) is 5.92 Å². The summed E-state index contributed by atoms with van der Waals surface area (Å²) >= 11 is 0. The molecule has 7 heteroatoms. The lowest BCUT2D eigenvalue weighted by Gasteiger charge is -2.32. The number of amides is 2. The van der Waals surface area contributed by atoms with Gasteiger partial charge in [0.25, 0.3) is 11.8 Å². The average Bonchev–Trinajstić information content (AvgIpc) is 3.14. The van der Waals surface area contributed by atoms with Gasteiger partial charge in [-0.15, -0.1) is 0 Å². The van der Waals surface area contributed by atoms with E-state index in [-0.39, 0.29) is 11.8 Å². The monoisotopic (exact) mass is 591 g/mol. The van der Waals surface area contributed by atoms with E-state index < -0.39 is 10.8 Å². The van der Waals surface area contributed by atoms with Crippen molar-refractivity contribution in [3.05, 3.63) is 125 Å². The number of piperidine rings is 1. The Kier molecular flexibility index (Phi) is 9.10. The molecule has 1 fully saturated rings. The molecule has 220 valence electrons. The lowest BCUT2D eigenvalue weighted by atomic mass is 9.90. The molecule has 1 N–H and O–H groups in total. The largest absolute Gasteiger partial charge is 0.352 e. The van der Waals surface area contributed by atoms with Crippen LogP contribution in [0.4, 0.5) is 5.69 Å². The number of likely N-dealkylation sites (tertiary alicyclic amines) is 1. The summed E-state index contributed by atoms with van der Waals surface area (Å²) in [7, 11) is -1.55. The van der Waals surface area contributed by atoms with E-state index in [2.05, 4.69) is 40.5 Å². The molecule has 0 saturated carbocycles. The Morgan fingerprint density at radius 1 is 0.814 bits per heavy atom. The molecule has 0 bridgehead atoms. The van der Waals surface area contributed by atoms with E-state index in [4.69, 9.17) is 0 Å². The molecule has 0 aromatic heterocycles. The Morgan fingerprint density at radius 3 is 2.23 bits per heavy atom. The zero-order valence-corrected chi connectivity index (χ0v) is 25.1. The predicted molar refractivity (Wildman–Crippen MR) is 171 cm³/mol. The van der Waals surface area contributed by atoms with E-state index in [1.54, 1.807) is 47.4 Å². The van der Waals surface area contributed by atoms with Crippen molar-refractivity contribution in [1.82, 2.24) is 10.2 Å². The van der Waals surface area contributed by atoms with Crippen molar-refractivity contribution >= 4 is 28.3 Å². The molecule has 2 aliphatic heterocycles. The van der Waals surface area contributed by atoms with Gasteiger partial charge >= 0.3 is 0 Å². The van der Waals surface area contributed by atoms with Crippen LogP contribution in [0.2, 0.25) is 0 Å². The second-order valence-electron chi connectivity index (χ2n) is 11.4. The third-order valence-electron chi connectivity index (χ3n) is 8.47. The predicted octanol–water partition coefficient (Wildman–Crippen LogP) is 6.09.